The summed E-state index contributed by atoms with van der Waals surface area (Å²) in [5.41, 5.74) is 0.488. The summed E-state index contributed by atoms with van der Waals surface area (Å²) in [6.07, 6.45) is 4.63. The van der Waals surface area contributed by atoms with Crippen molar-refractivity contribution in [3.05, 3.63) is 72.2 Å². The number of nitrogens with one attached hydrogen (secondary N) is 1. The first-order valence-corrected chi connectivity index (χ1v) is 9.05. The molecule has 0 atom stereocenters. The molecule has 4 rings (SSSR count). The number of piperazine rings is 1. The van der Waals surface area contributed by atoms with Gasteiger partial charge in [-0.1, -0.05) is 0 Å². The highest BCUT2D eigenvalue weighted by Gasteiger charge is 2.24. The fourth-order valence-electron chi connectivity index (χ4n) is 3.08. The number of furan rings is 2. The predicted molar refractivity (Wildman–Crippen MR) is 101 cm³/mol. The fraction of sp³-hybridized carbons (Fsp3) is 0.250. The lowest BCUT2D eigenvalue weighted by Crippen LogP contribution is -2.49. The van der Waals surface area contributed by atoms with E-state index in [1.807, 2.05) is 6.07 Å². The van der Waals surface area contributed by atoms with Crippen LogP contribution in [-0.4, -0.2) is 47.9 Å². The summed E-state index contributed by atoms with van der Waals surface area (Å²) in [6, 6.07) is 10.5. The highest BCUT2D eigenvalue weighted by atomic mass is 16.3. The van der Waals surface area contributed by atoms with Gasteiger partial charge in [0.15, 0.2) is 5.76 Å². The molecule has 1 saturated heterocycles. The molecule has 28 heavy (non-hydrogen) atoms. The van der Waals surface area contributed by atoms with Gasteiger partial charge in [-0.3, -0.25) is 9.59 Å². The zero-order valence-electron chi connectivity index (χ0n) is 15.2. The van der Waals surface area contributed by atoms with Crippen molar-refractivity contribution in [3.63, 3.8) is 0 Å². The van der Waals surface area contributed by atoms with Crippen molar-refractivity contribution in [3.8, 4) is 0 Å². The number of pyridine rings is 1. The lowest BCUT2D eigenvalue weighted by molar-refractivity contribution is 0.0714. The van der Waals surface area contributed by atoms with Gasteiger partial charge in [0, 0.05) is 32.4 Å². The Bertz CT molecular complexity index is 912. The average molecular weight is 380 g/mol. The van der Waals surface area contributed by atoms with Gasteiger partial charge in [-0.15, -0.1) is 0 Å². The molecule has 1 fully saturated rings. The quantitative estimate of drug-likeness (QED) is 0.729. The van der Waals surface area contributed by atoms with Gasteiger partial charge in [-0.05, 0) is 36.4 Å². The largest absolute Gasteiger partial charge is 0.467 e. The maximum absolute atomic E-state index is 12.3. The molecule has 0 aromatic carbocycles. The first-order valence-electron chi connectivity index (χ1n) is 9.05. The Balaban J connectivity index is 1.31. The molecule has 1 aliphatic rings. The summed E-state index contributed by atoms with van der Waals surface area (Å²) in [5.74, 6) is 1.54. The second-order valence-corrected chi connectivity index (χ2v) is 6.42. The van der Waals surface area contributed by atoms with Gasteiger partial charge >= 0.3 is 0 Å². The summed E-state index contributed by atoms with van der Waals surface area (Å²) >= 11 is 0. The van der Waals surface area contributed by atoms with E-state index in [1.54, 1.807) is 47.7 Å². The minimum Gasteiger partial charge on any atom is -0.467 e. The van der Waals surface area contributed by atoms with Crippen molar-refractivity contribution >= 4 is 17.6 Å². The summed E-state index contributed by atoms with van der Waals surface area (Å²) in [7, 11) is 0. The van der Waals surface area contributed by atoms with Crippen molar-refractivity contribution in [1.82, 2.24) is 15.2 Å². The second kappa shape index (κ2) is 7.99. The molecule has 0 unspecified atom stereocenters. The van der Waals surface area contributed by atoms with Crippen LogP contribution in [-0.2, 0) is 6.54 Å². The third-order valence-corrected chi connectivity index (χ3v) is 4.64. The zero-order chi connectivity index (χ0) is 19.3. The molecular formula is C20H20N4O4. The number of amides is 2. The highest BCUT2D eigenvalue weighted by Crippen LogP contribution is 2.16. The van der Waals surface area contributed by atoms with Crippen LogP contribution in [0.3, 0.4) is 0 Å². The van der Waals surface area contributed by atoms with Gasteiger partial charge in [0.25, 0.3) is 11.8 Å². The van der Waals surface area contributed by atoms with E-state index < -0.39 is 0 Å². The van der Waals surface area contributed by atoms with Crippen LogP contribution >= 0.6 is 0 Å². The molecule has 0 saturated carbocycles. The smallest absolute Gasteiger partial charge is 0.289 e. The van der Waals surface area contributed by atoms with Crippen molar-refractivity contribution in [2.24, 2.45) is 0 Å². The molecule has 3 aromatic rings. The van der Waals surface area contributed by atoms with Gasteiger partial charge in [0.1, 0.15) is 11.6 Å². The Hall–Kier alpha value is -3.55. The van der Waals surface area contributed by atoms with Crippen LogP contribution in [0.15, 0.2) is 64.0 Å². The molecule has 1 N–H and O–H groups in total. The van der Waals surface area contributed by atoms with Gasteiger partial charge in [0.2, 0.25) is 0 Å². The lowest BCUT2D eigenvalue weighted by atomic mass is 10.2. The maximum atomic E-state index is 12.3. The topological polar surface area (TPSA) is 91.8 Å². The van der Waals surface area contributed by atoms with Crippen LogP contribution < -0.4 is 10.2 Å². The van der Waals surface area contributed by atoms with Crippen molar-refractivity contribution in [2.45, 2.75) is 6.54 Å². The molecule has 0 bridgehead atoms. The molecule has 0 spiro atoms. The molecule has 1 aliphatic heterocycles. The number of hydrogen-bond acceptors (Lipinski definition) is 6. The van der Waals surface area contributed by atoms with Crippen LogP contribution in [0.1, 0.15) is 26.7 Å². The Kier molecular flexibility index (Phi) is 5.09. The molecular weight excluding hydrogens is 360 g/mol. The Morgan fingerprint density at radius 2 is 1.79 bits per heavy atom. The highest BCUT2D eigenvalue weighted by molar-refractivity contribution is 5.94. The normalized spacial score (nSPS) is 14.1. The van der Waals surface area contributed by atoms with Crippen LogP contribution in [0.2, 0.25) is 0 Å². The van der Waals surface area contributed by atoms with E-state index in [1.165, 1.54) is 6.26 Å². The van der Waals surface area contributed by atoms with Gasteiger partial charge in [-0.25, -0.2) is 4.98 Å². The average Bonchev–Trinajstić information content (AvgIpc) is 3.46. The minimum atomic E-state index is -0.204. The monoisotopic (exact) mass is 380 g/mol. The third-order valence-electron chi connectivity index (χ3n) is 4.64. The molecule has 3 aromatic heterocycles. The summed E-state index contributed by atoms with van der Waals surface area (Å²) in [4.78, 5) is 32.8. The van der Waals surface area contributed by atoms with E-state index in [9.17, 15) is 9.59 Å². The van der Waals surface area contributed by atoms with E-state index in [2.05, 4.69) is 15.2 Å². The Labute approximate surface area is 161 Å². The maximum Gasteiger partial charge on any atom is 0.289 e. The van der Waals surface area contributed by atoms with Crippen LogP contribution in [0.5, 0.6) is 0 Å². The van der Waals surface area contributed by atoms with Crippen molar-refractivity contribution < 1.29 is 18.4 Å². The van der Waals surface area contributed by atoms with E-state index >= 15 is 0 Å². The fourth-order valence-corrected chi connectivity index (χ4v) is 3.08. The predicted octanol–water partition coefficient (Wildman–Crippen LogP) is 2.16. The van der Waals surface area contributed by atoms with Gasteiger partial charge in [0.05, 0.1) is 24.6 Å². The first kappa shape index (κ1) is 17.8. The molecule has 4 heterocycles. The van der Waals surface area contributed by atoms with Crippen LogP contribution in [0.25, 0.3) is 0 Å². The molecule has 0 aliphatic carbocycles. The number of aromatic nitrogens is 1. The number of carbonyl (C=O) groups is 2. The minimum absolute atomic E-state index is 0.0961. The second-order valence-electron chi connectivity index (χ2n) is 6.42. The van der Waals surface area contributed by atoms with E-state index in [-0.39, 0.29) is 11.8 Å². The SMILES string of the molecule is O=C(NCc1ccco1)c1ccc(N2CCN(C(=O)c3ccco3)CC2)nc1. The Morgan fingerprint density at radius 3 is 2.43 bits per heavy atom. The standard InChI is InChI=1S/C20H20N4O4/c25-19(22-14-16-3-1-11-27-16)15-5-6-18(21-13-15)23-7-9-24(10-8-23)20(26)17-4-2-12-28-17/h1-6,11-13H,7-10,14H2,(H,22,25). The molecule has 0 radical (unpaired) electrons. The summed E-state index contributed by atoms with van der Waals surface area (Å²) in [6.45, 7) is 2.85. The van der Waals surface area contributed by atoms with Gasteiger partial charge < -0.3 is 24.0 Å². The van der Waals surface area contributed by atoms with E-state index in [0.717, 1.165) is 5.82 Å². The number of carbonyl (C=O) groups excluding carboxylic acids is 2. The van der Waals surface area contributed by atoms with E-state index in [0.29, 0.717) is 49.8 Å². The summed E-state index contributed by atoms with van der Waals surface area (Å²) in [5, 5.41) is 2.79. The third kappa shape index (κ3) is 3.90. The Morgan fingerprint density at radius 1 is 1.00 bits per heavy atom. The molecule has 8 nitrogen and oxygen atoms in total. The van der Waals surface area contributed by atoms with Crippen LogP contribution in [0, 0.1) is 0 Å². The lowest BCUT2D eigenvalue weighted by Gasteiger charge is -2.35. The molecule has 2 amide bonds. The number of nitrogens with zero attached hydrogens (tertiary/aromatic N) is 3. The van der Waals surface area contributed by atoms with Crippen LogP contribution in [0.4, 0.5) is 5.82 Å². The van der Waals surface area contributed by atoms with Crippen molar-refractivity contribution in [1.29, 1.82) is 0 Å². The number of anilines is 1. The molecule has 8 heteroatoms. The summed E-state index contributed by atoms with van der Waals surface area (Å²) < 4.78 is 10.4. The van der Waals surface area contributed by atoms with E-state index in [4.69, 9.17) is 8.83 Å². The molecule has 144 valence electrons. The first-order chi connectivity index (χ1) is 13.7. The van der Waals surface area contributed by atoms with Gasteiger partial charge in [-0.2, -0.15) is 0 Å². The number of rotatable bonds is 5. The zero-order valence-corrected chi connectivity index (χ0v) is 15.2. The van der Waals surface area contributed by atoms with Crippen molar-refractivity contribution in [2.75, 3.05) is 31.1 Å². The number of hydrogen-bond donors (Lipinski definition) is 1.